The van der Waals surface area contributed by atoms with Crippen molar-refractivity contribution >= 4 is 23.2 Å². The monoisotopic (exact) mass is 282 g/mol. The molecule has 1 aliphatic rings. The van der Waals surface area contributed by atoms with Crippen LogP contribution in [0, 0.1) is 12.1 Å². The Bertz CT molecular complexity index is 495. The van der Waals surface area contributed by atoms with Gasteiger partial charge in [-0.15, -0.1) is 0 Å². The zero-order chi connectivity index (χ0) is 13.1. The van der Waals surface area contributed by atoms with E-state index in [1.54, 1.807) is 38.5 Å². The summed E-state index contributed by atoms with van der Waals surface area (Å²) in [5, 5.41) is 1.16. The van der Waals surface area contributed by atoms with Crippen molar-refractivity contribution in [2.75, 3.05) is 14.2 Å². The van der Waals surface area contributed by atoms with Gasteiger partial charge in [-0.2, -0.15) is 0 Å². The Hall–Kier alpha value is -0.960. The van der Waals surface area contributed by atoms with Gasteiger partial charge in [0.2, 0.25) is 0 Å². The number of methoxy groups -OCH3 is 2. The van der Waals surface area contributed by atoms with Crippen molar-refractivity contribution in [2.45, 2.75) is 12.0 Å². The molecule has 2 radical (unpaired) electrons. The Morgan fingerprint density at radius 3 is 2.72 bits per heavy atom. The SMILES string of the molecule is COc1c(C2[C]=CC=C(Cl)[C@H]2OC)[c]ccc1Cl. The fourth-order valence-corrected chi connectivity index (χ4v) is 2.49. The van der Waals surface area contributed by atoms with Gasteiger partial charge in [-0.05, 0) is 24.3 Å². The Morgan fingerprint density at radius 2 is 2.06 bits per heavy atom. The fraction of sp³-hybridized carbons (Fsp3) is 0.286. The molecule has 2 atom stereocenters. The quantitative estimate of drug-likeness (QED) is 0.841. The fourth-order valence-electron chi connectivity index (χ4n) is 1.97. The highest BCUT2D eigenvalue weighted by molar-refractivity contribution is 6.32. The molecule has 0 spiro atoms. The van der Waals surface area contributed by atoms with Crippen LogP contribution < -0.4 is 4.74 Å². The first-order valence-electron chi connectivity index (χ1n) is 5.41. The molecule has 0 saturated heterocycles. The van der Waals surface area contributed by atoms with Gasteiger partial charge < -0.3 is 9.47 Å². The third kappa shape index (κ3) is 2.41. The molecule has 0 aromatic heterocycles. The summed E-state index contributed by atoms with van der Waals surface area (Å²) in [6.45, 7) is 0. The molecule has 0 saturated carbocycles. The van der Waals surface area contributed by atoms with Crippen LogP contribution in [0.1, 0.15) is 11.5 Å². The number of halogens is 2. The number of hydrogen-bond donors (Lipinski definition) is 0. The largest absolute Gasteiger partial charge is 0.495 e. The van der Waals surface area contributed by atoms with E-state index in [9.17, 15) is 0 Å². The maximum absolute atomic E-state index is 6.14. The molecule has 18 heavy (non-hydrogen) atoms. The number of allylic oxidation sites excluding steroid dienone is 2. The summed E-state index contributed by atoms with van der Waals surface area (Å²) in [5.41, 5.74) is 0.791. The molecule has 0 N–H and O–H groups in total. The van der Waals surface area contributed by atoms with E-state index in [0.29, 0.717) is 15.8 Å². The average Bonchev–Trinajstić information content (AvgIpc) is 2.38. The normalized spacial score (nSPS) is 22.8. The Labute approximate surface area is 117 Å². The average molecular weight is 283 g/mol. The van der Waals surface area contributed by atoms with Crippen LogP contribution in [0.2, 0.25) is 5.02 Å². The first-order chi connectivity index (χ1) is 8.69. The molecule has 1 aromatic rings. The molecule has 0 bridgehead atoms. The molecule has 1 aliphatic carbocycles. The molecule has 4 heteroatoms. The van der Waals surface area contributed by atoms with Crippen LogP contribution >= 0.6 is 23.2 Å². The summed E-state index contributed by atoms with van der Waals surface area (Å²) < 4.78 is 10.7. The van der Waals surface area contributed by atoms with Gasteiger partial charge in [-0.1, -0.05) is 35.3 Å². The molecule has 94 valence electrons. The Morgan fingerprint density at radius 1 is 1.28 bits per heavy atom. The lowest BCUT2D eigenvalue weighted by atomic mass is 9.89. The highest BCUT2D eigenvalue weighted by atomic mass is 35.5. The predicted molar refractivity (Wildman–Crippen MR) is 72.1 cm³/mol. The first-order valence-corrected chi connectivity index (χ1v) is 6.16. The second kappa shape index (κ2) is 5.79. The van der Waals surface area contributed by atoms with Crippen molar-refractivity contribution in [3.63, 3.8) is 0 Å². The molecule has 0 amide bonds. The molecule has 0 heterocycles. The Kier molecular flexibility index (Phi) is 4.33. The zero-order valence-corrected chi connectivity index (χ0v) is 11.5. The molecule has 0 fully saturated rings. The van der Waals surface area contributed by atoms with Gasteiger partial charge in [0.25, 0.3) is 0 Å². The van der Waals surface area contributed by atoms with E-state index in [-0.39, 0.29) is 12.0 Å². The standard InChI is InChI=1S/C14H12Cl2O2/c1-17-13-9(5-3-7-11(13)15)10-6-4-8-12(16)14(10)18-2/h3-4,7-9,13H,1-2H3/t9?,13-/m0/s1. The van der Waals surface area contributed by atoms with Gasteiger partial charge in [-0.25, -0.2) is 0 Å². The molecular weight excluding hydrogens is 271 g/mol. The summed E-state index contributed by atoms with van der Waals surface area (Å²) in [6.07, 6.45) is 6.44. The van der Waals surface area contributed by atoms with Crippen molar-refractivity contribution in [1.82, 2.24) is 0 Å². The highest BCUT2D eigenvalue weighted by Gasteiger charge is 2.29. The van der Waals surface area contributed by atoms with Crippen LogP contribution in [0.3, 0.4) is 0 Å². The minimum Gasteiger partial charge on any atom is -0.495 e. The van der Waals surface area contributed by atoms with Gasteiger partial charge >= 0.3 is 0 Å². The lowest BCUT2D eigenvalue weighted by Crippen LogP contribution is -2.23. The van der Waals surface area contributed by atoms with E-state index in [1.807, 2.05) is 0 Å². The third-order valence-electron chi connectivity index (χ3n) is 2.79. The van der Waals surface area contributed by atoms with Crippen LogP contribution in [0.25, 0.3) is 0 Å². The van der Waals surface area contributed by atoms with E-state index in [4.69, 9.17) is 32.7 Å². The molecule has 1 unspecified atom stereocenters. The smallest absolute Gasteiger partial charge is 0.141 e. The van der Waals surface area contributed by atoms with Crippen LogP contribution in [0.5, 0.6) is 5.75 Å². The van der Waals surface area contributed by atoms with Crippen molar-refractivity contribution in [3.05, 3.63) is 52.0 Å². The summed E-state index contributed by atoms with van der Waals surface area (Å²) in [5.74, 6) is 0.402. The van der Waals surface area contributed by atoms with Crippen LogP contribution in [0.4, 0.5) is 0 Å². The van der Waals surface area contributed by atoms with E-state index >= 15 is 0 Å². The van der Waals surface area contributed by atoms with Gasteiger partial charge in [0, 0.05) is 23.6 Å². The first kappa shape index (κ1) is 13.5. The number of ether oxygens (including phenoxy) is 2. The third-order valence-corrected chi connectivity index (χ3v) is 3.43. The van der Waals surface area contributed by atoms with Crippen LogP contribution in [0.15, 0.2) is 29.3 Å². The maximum Gasteiger partial charge on any atom is 0.141 e. The van der Waals surface area contributed by atoms with Crippen LogP contribution in [-0.2, 0) is 4.74 Å². The predicted octanol–water partition coefficient (Wildman–Crippen LogP) is 3.74. The number of hydrogen-bond acceptors (Lipinski definition) is 2. The summed E-state index contributed by atoms with van der Waals surface area (Å²) in [7, 11) is 3.18. The molecular formula is C14H12Cl2O2. The summed E-state index contributed by atoms with van der Waals surface area (Å²) in [6, 6.07) is 6.61. The molecule has 2 rings (SSSR count). The topological polar surface area (TPSA) is 18.5 Å². The van der Waals surface area contributed by atoms with E-state index in [0.717, 1.165) is 5.56 Å². The number of rotatable bonds is 3. The van der Waals surface area contributed by atoms with Crippen molar-refractivity contribution in [3.8, 4) is 5.75 Å². The van der Waals surface area contributed by atoms with E-state index in [1.165, 1.54) is 0 Å². The van der Waals surface area contributed by atoms with Gasteiger partial charge in [0.15, 0.2) is 0 Å². The van der Waals surface area contributed by atoms with Crippen molar-refractivity contribution < 1.29 is 9.47 Å². The summed E-state index contributed by atoms with van der Waals surface area (Å²) >= 11 is 12.2. The van der Waals surface area contributed by atoms with Crippen molar-refractivity contribution in [2.24, 2.45) is 0 Å². The van der Waals surface area contributed by atoms with Gasteiger partial charge in [0.05, 0.1) is 12.1 Å². The highest BCUT2D eigenvalue weighted by Crippen LogP contribution is 2.39. The molecule has 2 nitrogen and oxygen atoms in total. The minimum atomic E-state index is -0.291. The molecule has 1 aromatic carbocycles. The van der Waals surface area contributed by atoms with Gasteiger partial charge in [0.1, 0.15) is 11.9 Å². The lowest BCUT2D eigenvalue weighted by molar-refractivity contribution is 0.122. The summed E-state index contributed by atoms with van der Waals surface area (Å²) in [4.78, 5) is 0. The lowest BCUT2D eigenvalue weighted by Gasteiger charge is -2.26. The van der Waals surface area contributed by atoms with E-state index < -0.39 is 0 Å². The van der Waals surface area contributed by atoms with Crippen molar-refractivity contribution in [1.29, 1.82) is 0 Å². The zero-order valence-electron chi connectivity index (χ0n) is 10.0. The van der Waals surface area contributed by atoms with Gasteiger partial charge in [-0.3, -0.25) is 0 Å². The molecule has 0 aliphatic heterocycles. The number of benzene rings is 1. The second-order valence-corrected chi connectivity index (χ2v) is 4.64. The maximum atomic E-state index is 6.14. The van der Waals surface area contributed by atoms with E-state index in [2.05, 4.69) is 12.1 Å². The minimum absolute atomic E-state index is 0.179. The second-order valence-electron chi connectivity index (χ2n) is 3.79. The van der Waals surface area contributed by atoms with Crippen LogP contribution in [-0.4, -0.2) is 20.3 Å². The Balaban J connectivity index is 2.46.